The fraction of sp³-hybridized carbons (Fsp3) is 0.400. The third-order valence-electron chi connectivity index (χ3n) is 6.59. The minimum absolute atomic E-state index is 0.0870. The molecule has 5 heteroatoms. The van der Waals surface area contributed by atoms with Gasteiger partial charge >= 0.3 is 0 Å². The number of benzene rings is 2. The molecular weight excluding hydrogens is 378 g/mol. The zero-order valence-corrected chi connectivity index (χ0v) is 17.2. The Hall–Kier alpha value is -2.63. The van der Waals surface area contributed by atoms with E-state index in [2.05, 4.69) is 17.0 Å². The molecule has 2 fully saturated rings. The van der Waals surface area contributed by atoms with Crippen LogP contribution in [0, 0.1) is 11.8 Å². The van der Waals surface area contributed by atoms with Gasteiger partial charge in [0.25, 0.3) is 0 Å². The van der Waals surface area contributed by atoms with Gasteiger partial charge < -0.3 is 14.2 Å². The van der Waals surface area contributed by atoms with Gasteiger partial charge in [-0.3, -0.25) is 9.69 Å². The largest absolute Gasteiger partial charge is 0.497 e. The highest BCUT2D eigenvalue weighted by molar-refractivity contribution is 6.22. The second-order valence-electron chi connectivity index (χ2n) is 8.40. The van der Waals surface area contributed by atoms with Crippen molar-refractivity contribution in [3.8, 4) is 5.75 Å². The number of nitrogens with zero attached hydrogens (tertiary/aromatic N) is 1. The fourth-order valence-corrected chi connectivity index (χ4v) is 5.02. The summed E-state index contributed by atoms with van der Waals surface area (Å²) in [5.74, 6) is 1.19. The minimum atomic E-state index is -0.109. The normalized spacial score (nSPS) is 28.7. The summed E-state index contributed by atoms with van der Waals surface area (Å²) >= 11 is 0. The molecule has 3 aliphatic rings. The third-order valence-corrected chi connectivity index (χ3v) is 6.59. The van der Waals surface area contributed by atoms with Crippen LogP contribution in [-0.2, 0) is 20.8 Å². The quantitative estimate of drug-likeness (QED) is 0.772. The highest BCUT2D eigenvalue weighted by Gasteiger charge is 2.48. The van der Waals surface area contributed by atoms with Crippen molar-refractivity contribution in [2.45, 2.75) is 31.6 Å². The fourth-order valence-electron chi connectivity index (χ4n) is 5.02. The summed E-state index contributed by atoms with van der Waals surface area (Å²) < 4.78 is 17.7. The summed E-state index contributed by atoms with van der Waals surface area (Å²) in [6, 6.07) is 18.0. The monoisotopic (exact) mass is 405 g/mol. The van der Waals surface area contributed by atoms with Crippen LogP contribution in [0.1, 0.15) is 24.0 Å². The van der Waals surface area contributed by atoms with Crippen LogP contribution in [0.4, 0.5) is 0 Å². The number of hydrogen-bond acceptors (Lipinski definition) is 5. The molecule has 1 saturated heterocycles. The lowest BCUT2D eigenvalue weighted by Gasteiger charge is -2.48. The highest BCUT2D eigenvalue weighted by atomic mass is 16.5. The van der Waals surface area contributed by atoms with Gasteiger partial charge in [-0.25, -0.2) is 0 Å². The van der Waals surface area contributed by atoms with Gasteiger partial charge in [-0.15, -0.1) is 0 Å². The topological polar surface area (TPSA) is 48.0 Å². The first-order valence-electron chi connectivity index (χ1n) is 10.6. The molecule has 1 saturated carbocycles. The van der Waals surface area contributed by atoms with Crippen LogP contribution in [0.2, 0.25) is 0 Å². The standard InChI is InChI=1S/C25H27NO4/c1-28-19-9-7-17(8-10-19)13-26-14-21-23(30-16-26)12-11-20-24(27)22(15-29-25(20)21)18-5-3-2-4-6-18/h2-10,15,20-21,23,25H,11-14,16H2,1H3. The predicted molar refractivity (Wildman–Crippen MR) is 114 cm³/mol. The Balaban J connectivity index is 1.31. The van der Waals surface area contributed by atoms with Gasteiger partial charge in [-0.1, -0.05) is 42.5 Å². The maximum atomic E-state index is 13.3. The van der Waals surface area contributed by atoms with E-state index in [0.717, 1.165) is 37.2 Å². The lowest BCUT2D eigenvalue weighted by molar-refractivity contribution is -0.171. The van der Waals surface area contributed by atoms with Crippen molar-refractivity contribution < 1.29 is 19.0 Å². The number of ketones is 1. The summed E-state index contributed by atoms with van der Waals surface area (Å²) in [5, 5.41) is 0. The Bertz CT molecular complexity index is 924. The molecular formula is C25H27NO4. The van der Waals surface area contributed by atoms with Crippen molar-refractivity contribution in [3.63, 3.8) is 0 Å². The van der Waals surface area contributed by atoms with Gasteiger partial charge in [0.05, 0.1) is 37.7 Å². The van der Waals surface area contributed by atoms with Crippen molar-refractivity contribution in [1.82, 2.24) is 4.90 Å². The van der Waals surface area contributed by atoms with Crippen molar-refractivity contribution in [1.29, 1.82) is 0 Å². The second kappa shape index (κ2) is 8.25. The Morgan fingerprint density at radius 2 is 1.87 bits per heavy atom. The average molecular weight is 405 g/mol. The molecule has 0 bridgehead atoms. The van der Waals surface area contributed by atoms with Gasteiger partial charge in [0, 0.05) is 19.0 Å². The summed E-state index contributed by atoms with van der Waals surface area (Å²) in [6.45, 7) is 2.30. The smallest absolute Gasteiger partial charge is 0.173 e. The van der Waals surface area contributed by atoms with Gasteiger partial charge in [0.15, 0.2) is 5.78 Å². The van der Waals surface area contributed by atoms with E-state index in [0.29, 0.717) is 12.3 Å². The van der Waals surface area contributed by atoms with Gasteiger partial charge in [0.2, 0.25) is 0 Å². The molecule has 4 atom stereocenters. The maximum Gasteiger partial charge on any atom is 0.173 e. The summed E-state index contributed by atoms with van der Waals surface area (Å²) in [5.41, 5.74) is 2.85. The first-order valence-corrected chi connectivity index (χ1v) is 10.6. The summed E-state index contributed by atoms with van der Waals surface area (Å²) in [6.07, 6.45) is 3.48. The molecule has 5 rings (SSSR count). The molecule has 156 valence electrons. The first-order chi connectivity index (χ1) is 14.7. The Morgan fingerprint density at radius 3 is 2.63 bits per heavy atom. The van der Waals surface area contributed by atoms with Gasteiger partial charge in [-0.05, 0) is 36.1 Å². The van der Waals surface area contributed by atoms with E-state index in [1.54, 1.807) is 13.4 Å². The number of hydrogen-bond donors (Lipinski definition) is 0. The molecule has 0 aromatic heterocycles. The van der Waals surface area contributed by atoms with Gasteiger partial charge in [0.1, 0.15) is 11.9 Å². The number of fused-ring (bicyclic) bond motifs is 3. The third kappa shape index (κ3) is 3.64. The van der Waals surface area contributed by atoms with Crippen LogP contribution in [0.3, 0.4) is 0 Å². The zero-order valence-electron chi connectivity index (χ0n) is 17.2. The molecule has 4 unspecified atom stereocenters. The van der Waals surface area contributed by atoms with E-state index in [4.69, 9.17) is 14.2 Å². The van der Waals surface area contributed by atoms with Crippen LogP contribution in [0.15, 0.2) is 60.9 Å². The zero-order chi connectivity index (χ0) is 20.5. The minimum Gasteiger partial charge on any atom is -0.497 e. The number of ether oxygens (including phenoxy) is 3. The average Bonchev–Trinajstić information content (AvgIpc) is 2.80. The van der Waals surface area contributed by atoms with Crippen LogP contribution in [0.5, 0.6) is 5.75 Å². The predicted octanol–water partition coefficient (Wildman–Crippen LogP) is 3.89. The van der Waals surface area contributed by atoms with E-state index < -0.39 is 0 Å². The van der Waals surface area contributed by atoms with E-state index in [-0.39, 0.29) is 29.8 Å². The van der Waals surface area contributed by atoms with E-state index >= 15 is 0 Å². The molecule has 0 N–H and O–H groups in total. The Morgan fingerprint density at radius 1 is 1.07 bits per heavy atom. The number of Topliss-reactive ketones (excluding diaryl/α,β-unsaturated/α-hetero) is 1. The Kier molecular flexibility index (Phi) is 5.32. The summed E-state index contributed by atoms with van der Waals surface area (Å²) in [4.78, 5) is 15.6. The van der Waals surface area contributed by atoms with E-state index in [1.165, 1.54) is 5.56 Å². The van der Waals surface area contributed by atoms with Gasteiger partial charge in [-0.2, -0.15) is 0 Å². The molecule has 0 amide bonds. The summed E-state index contributed by atoms with van der Waals surface area (Å²) in [7, 11) is 1.68. The highest BCUT2D eigenvalue weighted by Crippen LogP contribution is 2.42. The molecule has 2 aliphatic heterocycles. The number of rotatable bonds is 4. The van der Waals surface area contributed by atoms with Crippen LogP contribution in [0.25, 0.3) is 5.57 Å². The first kappa shape index (κ1) is 19.3. The molecule has 5 nitrogen and oxygen atoms in total. The Labute approximate surface area is 177 Å². The van der Waals surface area contributed by atoms with Crippen LogP contribution < -0.4 is 4.74 Å². The van der Waals surface area contributed by atoms with E-state index in [9.17, 15) is 4.79 Å². The van der Waals surface area contributed by atoms with Crippen LogP contribution >= 0.6 is 0 Å². The number of carbonyl (C=O) groups excluding carboxylic acids is 1. The number of allylic oxidation sites excluding steroid dienone is 1. The molecule has 2 aromatic rings. The molecule has 2 heterocycles. The maximum absolute atomic E-state index is 13.3. The molecule has 2 aromatic carbocycles. The van der Waals surface area contributed by atoms with E-state index in [1.807, 2.05) is 42.5 Å². The lowest BCUT2D eigenvalue weighted by Crippen LogP contribution is -2.56. The molecule has 0 spiro atoms. The molecule has 1 aliphatic carbocycles. The molecule has 0 radical (unpaired) electrons. The van der Waals surface area contributed by atoms with Crippen molar-refractivity contribution in [2.24, 2.45) is 11.8 Å². The van der Waals surface area contributed by atoms with Crippen LogP contribution in [-0.4, -0.2) is 43.3 Å². The SMILES string of the molecule is COc1ccc(CN2COC3CCC4C(=O)C(c5ccccc5)=COC4C3C2)cc1. The van der Waals surface area contributed by atoms with Crippen molar-refractivity contribution in [2.75, 3.05) is 20.4 Å². The number of methoxy groups -OCH3 is 1. The molecule has 30 heavy (non-hydrogen) atoms. The lowest BCUT2D eigenvalue weighted by atomic mass is 9.71. The van der Waals surface area contributed by atoms with Crippen molar-refractivity contribution >= 4 is 11.4 Å². The second-order valence-corrected chi connectivity index (χ2v) is 8.40. The van der Waals surface area contributed by atoms with Crippen molar-refractivity contribution in [3.05, 3.63) is 72.0 Å². The number of carbonyl (C=O) groups is 1.